The predicted octanol–water partition coefficient (Wildman–Crippen LogP) is 5.13. The number of benzene rings is 1. The first-order valence-electron chi connectivity index (χ1n) is 5.73. The van der Waals surface area contributed by atoms with Gasteiger partial charge in [-0.25, -0.2) is 0 Å². The Bertz CT molecular complexity index is 487. The molecule has 1 N–H and O–H groups in total. The summed E-state index contributed by atoms with van der Waals surface area (Å²) < 4.78 is 0.835. The maximum Gasteiger partial charge on any atom is 0.0835 e. The lowest BCUT2D eigenvalue weighted by atomic mass is 9.71. The molecule has 1 fully saturated rings. The second-order valence-corrected chi connectivity index (χ2v) is 6.32. The van der Waals surface area contributed by atoms with Crippen molar-refractivity contribution in [2.24, 2.45) is 11.8 Å². The maximum atomic E-state index is 6.22. The molecule has 0 aliphatic heterocycles. The van der Waals surface area contributed by atoms with E-state index in [1.165, 1.54) is 12.8 Å². The zero-order valence-electron chi connectivity index (χ0n) is 9.09. The first-order valence-corrected chi connectivity index (χ1v) is 7.28. The summed E-state index contributed by atoms with van der Waals surface area (Å²) in [5.41, 5.74) is 0.934. The van der Waals surface area contributed by atoms with Crippen molar-refractivity contribution in [2.45, 2.75) is 18.9 Å². The molecule has 0 saturated heterocycles. The quantitative estimate of drug-likeness (QED) is 0.584. The zero-order valence-corrected chi connectivity index (χ0v) is 12.2. The van der Waals surface area contributed by atoms with Crippen LogP contribution >= 0.6 is 39.1 Å². The molecular weight excluding hydrogens is 321 g/mol. The van der Waals surface area contributed by atoms with E-state index in [0.717, 1.165) is 16.1 Å². The predicted molar refractivity (Wildman–Crippen MR) is 76.9 cm³/mol. The Labute approximate surface area is 119 Å². The van der Waals surface area contributed by atoms with Crippen molar-refractivity contribution in [3.8, 4) is 0 Å². The van der Waals surface area contributed by atoms with Crippen LogP contribution in [0.2, 0.25) is 10.0 Å². The summed E-state index contributed by atoms with van der Waals surface area (Å²) >= 11 is 15.7. The number of allylic oxidation sites excluding steroid dienone is 1. The van der Waals surface area contributed by atoms with Gasteiger partial charge in [0.25, 0.3) is 0 Å². The minimum atomic E-state index is 0.508. The first-order chi connectivity index (χ1) is 8.16. The Morgan fingerprint density at radius 1 is 1.24 bits per heavy atom. The summed E-state index contributed by atoms with van der Waals surface area (Å²) in [5, 5.41) is 4.68. The van der Waals surface area contributed by atoms with Gasteiger partial charge in [-0.1, -0.05) is 35.4 Å². The highest BCUT2D eigenvalue weighted by atomic mass is 79.9. The van der Waals surface area contributed by atoms with Crippen LogP contribution in [0.1, 0.15) is 12.8 Å². The fourth-order valence-corrected chi connectivity index (χ4v) is 3.55. The van der Waals surface area contributed by atoms with E-state index < -0.39 is 0 Å². The van der Waals surface area contributed by atoms with Gasteiger partial charge in [0.1, 0.15) is 0 Å². The van der Waals surface area contributed by atoms with Crippen molar-refractivity contribution in [1.82, 2.24) is 0 Å². The fourth-order valence-electron chi connectivity index (χ4n) is 2.72. The van der Waals surface area contributed by atoms with Crippen LogP contribution in [0.25, 0.3) is 0 Å². The monoisotopic (exact) mass is 331 g/mol. The van der Waals surface area contributed by atoms with Crippen molar-refractivity contribution >= 4 is 44.8 Å². The van der Waals surface area contributed by atoms with Crippen LogP contribution in [0, 0.1) is 11.8 Å². The van der Waals surface area contributed by atoms with Crippen LogP contribution in [0.15, 0.2) is 28.8 Å². The molecule has 1 aromatic carbocycles. The van der Waals surface area contributed by atoms with Crippen molar-refractivity contribution < 1.29 is 0 Å². The molecule has 2 aliphatic carbocycles. The highest BCUT2D eigenvalue weighted by Gasteiger charge is 2.41. The Hall–Kier alpha value is -0.180. The van der Waals surface area contributed by atoms with Gasteiger partial charge in [0.2, 0.25) is 0 Å². The lowest BCUT2D eigenvalue weighted by Gasteiger charge is -2.41. The van der Waals surface area contributed by atoms with Crippen molar-refractivity contribution in [2.75, 3.05) is 5.32 Å². The molecule has 3 rings (SSSR count). The molecule has 0 radical (unpaired) electrons. The second-order valence-electron chi connectivity index (χ2n) is 4.71. The summed E-state index contributed by atoms with van der Waals surface area (Å²) in [5.74, 6) is 1.52. The molecule has 0 bridgehead atoms. The van der Waals surface area contributed by atoms with Crippen molar-refractivity contribution in [3.05, 3.63) is 38.8 Å². The number of halogens is 3. The third kappa shape index (κ3) is 2.00. The Morgan fingerprint density at radius 2 is 2.06 bits per heavy atom. The number of fused-ring (bicyclic) bond motifs is 1. The van der Waals surface area contributed by atoms with Crippen LogP contribution in [0.3, 0.4) is 0 Å². The largest absolute Gasteiger partial charge is 0.380 e. The van der Waals surface area contributed by atoms with E-state index in [9.17, 15) is 0 Å². The third-order valence-electron chi connectivity index (χ3n) is 3.74. The standard InChI is InChI=1S/C13H12BrCl2N/c14-9-4-5-10(13(16)12(9)15)17-11-6-7-2-1-3-8(7)11/h1,3-5,7-8,11,17H,2,6H2. The molecule has 4 heteroatoms. The molecule has 0 aromatic heterocycles. The van der Waals surface area contributed by atoms with Gasteiger partial charge >= 0.3 is 0 Å². The highest BCUT2D eigenvalue weighted by molar-refractivity contribution is 9.10. The first kappa shape index (κ1) is 11.9. The van der Waals surface area contributed by atoms with E-state index in [1.807, 2.05) is 12.1 Å². The maximum absolute atomic E-state index is 6.22. The molecule has 90 valence electrons. The Balaban J connectivity index is 1.78. The van der Waals surface area contributed by atoms with Crippen molar-refractivity contribution in [3.63, 3.8) is 0 Å². The molecule has 3 atom stereocenters. The summed E-state index contributed by atoms with van der Waals surface area (Å²) in [6, 6.07) is 4.41. The van der Waals surface area contributed by atoms with Gasteiger partial charge in [0.15, 0.2) is 0 Å². The normalized spacial score (nSPS) is 29.9. The Morgan fingerprint density at radius 3 is 2.82 bits per heavy atom. The van der Waals surface area contributed by atoms with E-state index in [-0.39, 0.29) is 0 Å². The van der Waals surface area contributed by atoms with Gasteiger partial charge in [0, 0.05) is 16.4 Å². The number of nitrogens with one attached hydrogen (secondary N) is 1. The molecule has 0 amide bonds. The van der Waals surface area contributed by atoms with E-state index in [0.29, 0.717) is 22.0 Å². The lowest BCUT2D eigenvalue weighted by Crippen LogP contribution is -2.43. The van der Waals surface area contributed by atoms with E-state index in [4.69, 9.17) is 23.2 Å². The third-order valence-corrected chi connectivity index (χ3v) is 5.51. The van der Waals surface area contributed by atoms with Crippen LogP contribution in [0.4, 0.5) is 5.69 Å². The minimum absolute atomic E-state index is 0.508. The van der Waals surface area contributed by atoms with E-state index in [1.54, 1.807) is 0 Å². The average Bonchev–Trinajstić information content (AvgIpc) is 2.67. The average molecular weight is 333 g/mol. The molecule has 2 aliphatic rings. The van der Waals surface area contributed by atoms with Gasteiger partial charge in [-0.05, 0) is 46.8 Å². The summed E-state index contributed by atoms with van der Waals surface area (Å²) in [6.45, 7) is 0. The minimum Gasteiger partial charge on any atom is -0.380 e. The van der Waals surface area contributed by atoms with Crippen LogP contribution in [0.5, 0.6) is 0 Å². The summed E-state index contributed by atoms with van der Waals surface area (Å²) in [6.07, 6.45) is 7.06. The number of anilines is 1. The molecule has 0 heterocycles. The van der Waals surface area contributed by atoms with Crippen LogP contribution < -0.4 is 5.32 Å². The molecule has 17 heavy (non-hydrogen) atoms. The highest BCUT2D eigenvalue weighted by Crippen LogP contribution is 2.45. The smallest absolute Gasteiger partial charge is 0.0835 e. The van der Waals surface area contributed by atoms with Crippen LogP contribution in [-0.2, 0) is 0 Å². The van der Waals surface area contributed by atoms with Crippen LogP contribution in [-0.4, -0.2) is 6.04 Å². The Kier molecular flexibility index (Phi) is 3.14. The topological polar surface area (TPSA) is 12.0 Å². The lowest BCUT2D eigenvalue weighted by molar-refractivity contribution is 0.218. The van der Waals surface area contributed by atoms with Gasteiger partial charge in [-0.15, -0.1) is 0 Å². The van der Waals surface area contributed by atoms with Crippen molar-refractivity contribution in [1.29, 1.82) is 0 Å². The molecule has 3 unspecified atom stereocenters. The van der Waals surface area contributed by atoms with E-state index >= 15 is 0 Å². The molecular formula is C13H12BrCl2N. The fraction of sp³-hybridized carbons (Fsp3) is 0.385. The molecule has 1 nitrogen and oxygen atoms in total. The number of hydrogen-bond acceptors (Lipinski definition) is 1. The number of hydrogen-bond donors (Lipinski definition) is 1. The molecule has 1 aromatic rings. The van der Waals surface area contributed by atoms with Gasteiger partial charge in [0.05, 0.1) is 15.7 Å². The molecule has 0 spiro atoms. The zero-order chi connectivity index (χ0) is 12.0. The molecule has 1 saturated carbocycles. The van der Waals surface area contributed by atoms with E-state index in [2.05, 4.69) is 33.4 Å². The van der Waals surface area contributed by atoms with Gasteiger partial charge in [-0.3, -0.25) is 0 Å². The van der Waals surface area contributed by atoms with Gasteiger partial charge in [-0.2, -0.15) is 0 Å². The SMILES string of the molecule is Clc1c(Br)ccc(NC2CC3CC=CC32)c1Cl. The summed E-state index contributed by atoms with van der Waals surface area (Å²) in [4.78, 5) is 0. The van der Waals surface area contributed by atoms with Gasteiger partial charge < -0.3 is 5.32 Å². The second kappa shape index (κ2) is 4.49. The summed E-state index contributed by atoms with van der Waals surface area (Å²) in [7, 11) is 0. The number of rotatable bonds is 2.